The van der Waals surface area contributed by atoms with Gasteiger partial charge in [-0.2, -0.15) is 5.10 Å². The molecule has 1 fully saturated rings. The van der Waals surface area contributed by atoms with Crippen LogP contribution in [0.1, 0.15) is 25.0 Å². The number of pyridine rings is 2. The number of anilines is 1. The second-order valence-electron chi connectivity index (χ2n) is 8.07. The van der Waals surface area contributed by atoms with Crippen LogP contribution in [0, 0.1) is 0 Å². The fraction of sp³-hybridized carbons (Fsp3) is 0.375. The summed E-state index contributed by atoms with van der Waals surface area (Å²) in [6.45, 7) is 10.3. The van der Waals surface area contributed by atoms with Crippen LogP contribution in [0.3, 0.4) is 0 Å². The summed E-state index contributed by atoms with van der Waals surface area (Å²) in [4.78, 5) is 14.2. The smallest absolute Gasteiger partial charge is 0.0924 e. The largest absolute Gasteiger partial charge is 0.369 e. The van der Waals surface area contributed by atoms with Gasteiger partial charge in [0.05, 0.1) is 16.6 Å². The van der Waals surface area contributed by atoms with Crippen LogP contribution >= 0.6 is 0 Å². The summed E-state index contributed by atoms with van der Waals surface area (Å²) >= 11 is 0. The fourth-order valence-corrected chi connectivity index (χ4v) is 4.21. The summed E-state index contributed by atoms with van der Waals surface area (Å²) in [5.74, 6) is 0. The Morgan fingerprint density at radius 2 is 1.57 bits per heavy atom. The average Bonchev–Trinajstić information content (AvgIpc) is 3.22. The van der Waals surface area contributed by atoms with Crippen LogP contribution in [0.25, 0.3) is 21.9 Å². The number of fused-ring (bicyclic) bond motifs is 2. The van der Waals surface area contributed by atoms with E-state index in [4.69, 9.17) is 0 Å². The Hall–Kier alpha value is -2.99. The summed E-state index contributed by atoms with van der Waals surface area (Å²) < 4.78 is 2.00. The molecule has 0 N–H and O–H groups in total. The number of aromatic nitrogens is 4. The summed E-state index contributed by atoms with van der Waals surface area (Å²) in [6.07, 6.45) is 7.10. The maximum atomic E-state index is 4.65. The molecule has 1 aromatic carbocycles. The molecule has 0 aliphatic carbocycles. The van der Waals surface area contributed by atoms with E-state index in [1.165, 1.54) is 22.2 Å². The van der Waals surface area contributed by atoms with E-state index in [1.807, 2.05) is 17.1 Å². The summed E-state index contributed by atoms with van der Waals surface area (Å²) in [5.41, 5.74) is 6.82. The number of nitrogens with zero attached hydrogens (tertiary/aromatic N) is 6. The molecule has 4 heterocycles. The van der Waals surface area contributed by atoms with E-state index in [-0.39, 0.29) is 0 Å². The Labute approximate surface area is 177 Å². The summed E-state index contributed by atoms with van der Waals surface area (Å²) in [7, 11) is 0. The first-order chi connectivity index (χ1) is 14.7. The summed E-state index contributed by atoms with van der Waals surface area (Å²) in [6, 6.07) is 10.9. The molecular formula is C24H28N6. The summed E-state index contributed by atoms with van der Waals surface area (Å²) in [5, 5.41) is 5.81. The molecule has 30 heavy (non-hydrogen) atoms. The number of piperazine rings is 1. The Balaban J connectivity index is 1.24. The Bertz CT molecular complexity index is 1170. The molecule has 6 nitrogen and oxygen atoms in total. The van der Waals surface area contributed by atoms with Gasteiger partial charge in [0.1, 0.15) is 0 Å². The van der Waals surface area contributed by atoms with Crippen molar-refractivity contribution in [3.8, 4) is 0 Å². The monoisotopic (exact) mass is 400 g/mol. The minimum Gasteiger partial charge on any atom is -0.369 e. The predicted molar refractivity (Wildman–Crippen MR) is 122 cm³/mol. The van der Waals surface area contributed by atoms with Gasteiger partial charge in [-0.1, -0.05) is 6.92 Å². The van der Waals surface area contributed by atoms with Crippen molar-refractivity contribution in [2.24, 2.45) is 0 Å². The van der Waals surface area contributed by atoms with Crippen molar-refractivity contribution in [1.82, 2.24) is 24.6 Å². The third-order valence-corrected chi connectivity index (χ3v) is 6.06. The maximum absolute atomic E-state index is 4.65. The molecule has 3 aromatic heterocycles. The first-order valence-electron chi connectivity index (χ1n) is 10.9. The van der Waals surface area contributed by atoms with E-state index in [2.05, 4.69) is 75.2 Å². The van der Waals surface area contributed by atoms with Crippen LogP contribution in [0.4, 0.5) is 5.69 Å². The van der Waals surface area contributed by atoms with Crippen LogP contribution in [-0.2, 0) is 19.5 Å². The zero-order chi connectivity index (χ0) is 20.5. The van der Waals surface area contributed by atoms with Crippen molar-refractivity contribution in [3.05, 3.63) is 60.0 Å². The Morgan fingerprint density at radius 1 is 0.833 bits per heavy atom. The van der Waals surface area contributed by atoms with Gasteiger partial charge in [-0.15, -0.1) is 0 Å². The zero-order valence-corrected chi connectivity index (χ0v) is 17.8. The molecular weight excluding hydrogens is 372 g/mol. The van der Waals surface area contributed by atoms with E-state index in [0.717, 1.165) is 62.2 Å². The van der Waals surface area contributed by atoms with E-state index in [1.54, 1.807) is 0 Å². The average molecular weight is 401 g/mol. The number of benzene rings is 1. The molecule has 0 spiro atoms. The molecule has 154 valence electrons. The molecule has 1 aliphatic heterocycles. The van der Waals surface area contributed by atoms with Crippen LogP contribution in [0.5, 0.6) is 0 Å². The van der Waals surface area contributed by atoms with Gasteiger partial charge in [0.2, 0.25) is 0 Å². The van der Waals surface area contributed by atoms with Crippen LogP contribution in [0.15, 0.2) is 48.9 Å². The normalized spacial score (nSPS) is 15.3. The first kappa shape index (κ1) is 19.0. The lowest BCUT2D eigenvalue weighted by atomic mass is 10.1. The lowest BCUT2D eigenvalue weighted by Gasteiger charge is -2.36. The van der Waals surface area contributed by atoms with E-state index in [0.29, 0.717) is 0 Å². The van der Waals surface area contributed by atoms with Gasteiger partial charge in [0, 0.05) is 68.9 Å². The zero-order valence-electron chi connectivity index (χ0n) is 17.8. The van der Waals surface area contributed by atoms with Crippen molar-refractivity contribution >= 4 is 27.6 Å². The minimum absolute atomic E-state index is 0.904. The first-order valence-corrected chi connectivity index (χ1v) is 10.9. The van der Waals surface area contributed by atoms with E-state index in [9.17, 15) is 0 Å². The van der Waals surface area contributed by atoms with Crippen molar-refractivity contribution in [1.29, 1.82) is 0 Å². The number of hydrogen-bond acceptors (Lipinski definition) is 5. The highest BCUT2D eigenvalue weighted by atomic mass is 15.3. The van der Waals surface area contributed by atoms with Gasteiger partial charge in [0.25, 0.3) is 0 Å². The molecule has 0 saturated carbocycles. The van der Waals surface area contributed by atoms with Gasteiger partial charge in [-0.25, -0.2) is 0 Å². The predicted octanol–water partition coefficient (Wildman–Crippen LogP) is 3.88. The van der Waals surface area contributed by atoms with Crippen LogP contribution < -0.4 is 4.90 Å². The number of rotatable bonds is 5. The minimum atomic E-state index is 0.904. The van der Waals surface area contributed by atoms with E-state index >= 15 is 0 Å². The van der Waals surface area contributed by atoms with Gasteiger partial charge >= 0.3 is 0 Å². The number of hydrogen-bond donors (Lipinski definition) is 0. The van der Waals surface area contributed by atoms with E-state index < -0.39 is 0 Å². The Kier molecular flexibility index (Phi) is 5.09. The van der Waals surface area contributed by atoms with Gasteiger partial charge in [-0.05, 0) is 54.8 Å². The van der Waals surface area contributed by atoms with Crippen molar-refractivity contribution in [2.45, 2.75) is 33.4 Å². The SMILES string of the molecule is CCc1cnc2cc(CN3CCN(c4ccc5nn(CC)cc5c4)CC3)cnc2c1. The Morgan fingerprint density at radius 3 is 2.30 bits per heavy atom. The third-order valence-electron chi connectivity index (χ3n) is 6.06. The molecule has 0 amide bonds. The van der Waals surface area contributed by atoms with Crippen LogP contribution in [-0.4, -0.2) is 50.8 Å². The molecule has 4 aromatic rings. The lowest BCUT2D eigenvalue weighted by molar-refractivity contribution is 0.250. The third kappa shape index (κ3) is 3.75. The maximum Gasteiger partial charge on any atom is 0.0924 e. The molecule has 0 bridgehead atoms. The lowest BCUT2D eigenvalue weighted by Crippen LogP contribution is -2.45. The van der Waals surface area contributed by atoms with Gasteiger partial charge in [-0.3, -0.25) is 19.5 Å². The highest BCUT2D eigenvalue weighted by Gasteiger charge is 2.18. The quantitative estimate of drug-likeness (QED) is 0.509. The fourth-order valence-electron chi connectivity index (χ4n) is 4.21. The molecule has 6 heteroatoms. The second-order valence-corrected chi connectivity index (χ2v) is 8.07. The second kappa shape index (κ2) is 8.03. The standard InChI is InChI=1S/C24H28N6/c1-3-18-11-23-24(25-14-18)12-19(15-26-23)16-28-7-9-29(10-8-28)21-5-6-22-20(13-21)17-30(4-2)27-22/h5-6,11-15,17H,3-4,7-10,16H2,1-2H3. The van der Waals surface area contributed by atoms with Crippen LogP contribution in [0.2, 0.25) is 0 Å². The topological polar surface area (TPSA) is 50.1 Å². The van der Waals surface area contributed by atoms with Crippen molar-refractivity contribution in [3.63, 3.8) is 0 Å². The van der Waals surface area contributed by atoms with Gasteiger partial charge < -0.3 is 4.90 Å². The molecule has 0 unspecified atom stereocenters. The van der Waals surface area contributed by atoms with Crippen molar-refractivity contribution < 1.29 is 0 Å². The molecule has 1 saturated heterocycles. The highest BCUT2D eigenvalue weighted by molar-refractivity contribution is 5.82. The number of aryl methyl sites for hydroxylation is 2. The molecule has 0 atom stereocenters. The van der Waals surface area contributed by atoms with Gasteiger partial charge in [0.15, 0.2) is 0 Å². The van der Waals surface area contributed by atoms with Crippen molar-refractivity contribution in [2.75, 3.05) is 31.1 Å². The molecule has 0 radical (unpaired) electrons. The highest BCUT2D eigenvalue weighted by Crippen LogP contribution is 2.23. The molecule has 5 rings (SSSR count). The molecule has 1 aliphatic rings.